The maximum absolute atomic E-state index is 12.3. The maximum Gasteiger partial charge on any atom is 0.266 e. The number of pyridine rings is 1. The second-order valence-electron chi connectivity index (χ2n) is 7.02. The lowest BCUT2D eigenvalue weighted by molar-refractivity contribution is 0.282. The van der Waals surface area contributed by atoms with Crippen LogP contribution in [0.25, 0.3) is 37.0 Å². The first-order valence-corrected chi connectivity index (χ1v) is 9.70. The van der Waals surface area contributed by atoms with Crippen LogP contribution in [0.2, 0.25) is 0 Å². The first kappa shape index (κ1) is 16.2. The van der Waals surface area contributed by atoms with Crippen LogP contribution in [0.15, 0.2) is 52.6 Å². The van der Waals surface area contributed by atoms with Gasteiger partial charge in [-0.3, -0.25) is 4.79 Å². The minimum atomic E-state index is -0.330. The van der Waals surface area contributed by atoms with E-state index in [0.29, 0.717) is 4.70 Å². The van der Waals surface area contributed by atoms with Crippen molar-refractivity contribution in [3.05, 3.63) is 80.7 Å². The van der Waals surface area contributed by atoms with E-state index in [9.17, 15) is 9.90 Å². The average Bonchev–Trinajstić information content (AvgIpc) is 3.35. The van der Waals surface area contributed by atoms with Crippen LogP contribution >= 0.6 is 11.3 Å². The molecule has 5 heteroatoms. The lowest BCUT2D eigenvalue weighted by atomic mass is 9.92. The van der Waals surface area contributed by atoms with Gasteiger partial charge in [-0.2, -0.15) is 0 Å². The van der Waals surface area contributed by atoms with Gasteiger partial charge in [0.1, 0.15) is 4.70 Å². The molecule has 4 aromatic rings. The summed E-state index contributed by atoms with van der Waals surface area (Å²) in [6.45, 7) is 7.37. The molecule has 4 nitrogen and oxygen atoms in total. The van der Waals surface area contributed by atoms with Gasteiger partial charge in [-0.25, -0.2) is 6.57 Å². The summed E-state index contributed by atoms with van der Waals surface area (Å²) >= 11 is 1.42. The summed E-state index contributed by atoms with van der Waals surface area (Å²) in [6.07, 6.45) is 1.84. The fourth-order valence-electron chi connectivity index (χ4n) is 3.88. The zero-order chi connectivity index (χ0) is 18.6. The lowest BCUT2D eigenvalue weighted by Gasteiger charge is -2.14. The second kappa shape index (κ2) is 5.78. The molecule has 1 fully saturated rings. The monoisotopic (exact) mass is 372 g/mol. The molecule has 0 saturated heterocycles. The summed E-state index contributed by atoms with van der Waals surface area (Å²) < 4.78 is 0.695. The van der Waals surface area contributed by atoms with Crippen molar-refractivity contribution in [3.8, 4) is 11.1 Å². The third-order valence-corrected chi connectivity index (χ3v) is 6.41. The summed E-state index contributed by atoms with van der Waals surface area (Å²) in [6, 6.07) is 13.8. The molecule has 1 saturated carbocycles. The van der Waals surface area contributed by atoms with Crippen molar-refractivity contribution in [2.24, 2.45) is 0 Å². The molecule has 1 aliphatic carbocycles. The van der Waals surface area contributed by atoms with E-state index in [4.69, 9.17) is 6.57 Å². The van der Waals surface area contributed by atoms with E-state index in [1.54, 1.807) is 0 Å². The zero-order valence-corrected chi connectivity index (χ0v) is 15.3. The number of rotatable bonds is 3. The Kier molecular flexibility index (Phi) is 3.48. The molecule has 0 unspecified atom stereocenters. The third-order valence-electron chi connectivity index (χ3n) is 5.50. The van der Waals surface area contributed by atoms with Gasteiger partial charge in [0, 0.05) is 34.7 Å². The average molecular weight is 372 g/mol. The number of thiophene rings is 1. The number of aliphatic hydroxyl groups excluding tert-OH is 1. The van der Waals surface area contributed by atoms with Crippen molar-refractivity contribution in [2.45, 2.75) is 25.0 Å². The van der Waals surface area contributed by atoms with E-state index in [2.05, 4.69) is 9.83 Å². The molecule has 2 heterocycles. The molecular formula is C22H16N2O2S. The number of aromatic nitrogens is 1. The van der Waals surface area contributed by atoms with Crippen LogP contribution < -0.4 is 5.56 Å². The van der Waals surface area contributed by atoms with Crippen molar-refractivity contribution in [1.82, 2.24) is 4.98 Å². The molecule has 2 N–H and O–H groups in total. The molecular weight excluding hydrogens is 356 g/mol. The van der Waals surface area contributed by atoms with Gasteiger partial charge in [0.25, 0.3) is 11.1 Å². The number of aliphatic hydroxyl groups is 1. The smallest absolute Gasteiger partial charge is 0.266 e. The summed E-state index contributed by atoms with van der Waals surface area (Å²) in [7, 11) is 0. The molecule has 2 aromatic carbocycles. The summed E-state index contributed by atoms with van der Waals surface area (Å²) in [5.41, 5.74) is 4.15. The molecule has 27 heavy (non-hydrogen) atoms. The zero-order valence-electron chi connectivity index (χ0n) is 14.5. The highest BCUT2D eigenvalue weighted by Crippen LogP contribution is 2.50. The highest BCUT2D eigenvalue weighted by Gasteiger charge is 2.52. The van der Waals surface area contributed by atoms with Gasteiger partial charge in [-0.1, -0.05) is 30.3 Å². The largest absolute Gasteiger partial charge is 0.392 e. The Morgan fingerprint density at radius 2 is 1.93 bits per heavy atom. The van der Waals surface area contributed by atoms with Gasteiger partial charge in [-0.15, -0.1) is 11.3 Å². The van der Waals surface area contributed by atoms with Crippen molar-refractivity contribution in [1.29, 1.82) is 0 Å². The number of H-pyrrole nitrogens is 1. The van der Waals surface area contributed by atoms with Gasteiger partial charge in [0.05, 0.1) is 6.61 Å². The van der Waals surface area contributed by atoms with E-state index in [0.717, 1.165) is 51.4 Å². The predicted octanol–water partition coefficient (Wildman–Crippen LogP) is 4.81. The second-order valence-corrected chi connectivity index (χ2v) is 7.93. The molecule has 0 spiro atoms. The van der Waals surface area contributed by atoms with Crippen molar-refractivity contribution in [2.75, 3.05) is 0 Å². The topological polar surface area (TPSA) is 57.4 Å². The van der Waals surface area contributed by atoms with Crippen molar-refractivity contribution in [3.63, 3.8) is 0 Å². The van der Waals surface area contributed by atoms with Crippen LogP contribution in [0.3, 0.4) is 0 Å². The number of benzene rings is 2. The fourth-order valence-corrected chi connectivity index (χ4v) is 4.68. The first-order valence-electron chi connectivity index (χ1n) is 8.82. The van der Waals surface area contributed by atoms with Crippen LogP contribution in [0.5, 0.6) is 0 Å². The van der Waals surface area contributed by atoms with E-state index in [1.165, 1.54) is 11.3 Å². The van der Waals surface area contributed by atoms with Crippen molar-refractivity contribution >= 4 is 32.3 Å². The Morgan fingerprint density at radius 3 is 2.59 bits per heavy atom. The number of hydrogen-bond donors (Lipinski definition) is 2. The van der Waals surface area contributed by atoms with E-state index in [1.807, 2.05) is 47.8 Å². The van der Waals surface area contributed by atoms with Gasteiger partial charge >= 0.3 is 0 Å². The molecule has 0 aliphatic heterocycles. The number of aromatic amines is 1. The quantitative estimate of drug-likeness (QED) is 0.507. The van der Waals surface area contributed by atoms with E-state index >= 15 is 0 Å². The molecule has 0 bridgehead atoms. The first-order chi connectivity index (χ1) is 13.2. The van der Waals surface area contributed by atoms with Gasteiger partial charge in [-0.05, 0) is 34.2 Å². The Morgan fingerprint density at radius 1 is 1.15 bits per heavy atom. The number of nitrogens with one attached hydrogen (secondary N) is 1. The van der Waals surface area contributed by atoms with E-state index < -0.39 is 0 Å². The fraction of sp³-hybridized carbons (Fsp3) is 0.182. The van der Waals surface area contributed by atoms with Crippen molar-refractivity contribution < 1.29 is 5.11 Å². The molecule has 1 aliphatic rings. The van der Waals surface area contributed by atoms with E-state index in [-0.39, 0.29) is 17.7 Å². The Bertz CT molecular complexity index is 1290. The Labute approximate surface area is 159 Å². The van der Waals surface area contributed by atoms with Gasteiger partial charge in [0.15, 0.2) is 0 Å². The molecule has 0 atom stereocenters. The Balaban J connectivity index is 1.80. The molecule has 0 radical (unpaired) electrons. The normalized spacial score (nSPS) is 15.1. The van der Waals surface area contributed by atoms with Gasteiger partial charge in [0.2, 0.25) is 0 Å². The number of hydrogen-bond acceptors (Lipinski definition) is 3. The van der Waals surface area contributed by atoms with Crippen LogP contribution in [-0.4, -0.2) is 10.1 Å². The highest BCUT2D eigenvalue weighted by molar-refractivity contribution is 7.17. The summed E-state index contributed by atoms with van der Waals surface area (Å²) in [5, 5.41) is 13.7. The molecule has 2 aromatic heterocycles. The molecule has 132 valence electrons. The standard InChI is InChI=1S/C22H16N2O2S/c1-23-22(9-10-22)15-5-2-13(3-6-15)18-14(12-25)4-7-17-19(18)16-8-11-27-20(16)21(26)24-17/h2-8,11,25H,9-10,12H2,(H,24,26). The van der Waals surface area contributed by atoms with Crippen LogP contribution in [0.1, 0.15) is 24.0 Å². The Hall–Kier alpha value is -2.94. The SMILES string of the molecule is [C-]#[N+]C1(c2ccc(-c3c(CO)ccc4[nH]c(=O)c5sccc5c34)cc2)CC1. The molecule has 5 rings (SSSR count). The van der Waals surface area contributed by atoms with Crippen LogP contribution in [0, 0.1) is 6.57 Å². The third kappa shape index (κ3) is 2.34. The minimum Gasteiger partial charge on any atom is -0.392 e. The van der Waals surface area contributed by atoms with Crippen LogP contribution in [0.4, 0.5) is 0 Å². The van der Waals surface area contributed by atoms with Crippen LogP contribution in [-0.2, 0) is 12.1 Å². The predicted molar refractivity (Wildman–Crippen MR) is 109 cm³/mol. The number of fused-ring (bicyclic) bond motifs is 3. The number of nitrogens with zero attached hydrogens (tertiary/aromatic N) is 1. The highest BCUT2D eigenvalue weighted by atomic mass is 32.1. The van der Waals surface area contributed by atoms with Gasteiger partial charge < -0.3 is 14.9 Å². The maximum atomic E-state index is 12.3. The minimum absolute atomic E-state index is 0.0796. The lowest BCUT2D eigenvalue weighted by Crippen LogP contribution is -2.05. The molecule has 0 amide bonds. The summed E-state index contributed by atoms with van der Waals surface area (Å²) in [5.74, 6) is 0. The summed E-state index contributed by atoms with van der Waals surface area (Å²) in [4.78, 5) is 19.1.